The molecule has 3 N–H and O–H groups in total. The number of carbonyl (C=O) groups excluding carboxylic acids is 1. The quantitative estimate of drug-likeness (QED) is 0.680. The Morgan fingerprint density at radius 3 is 2.62 bits per heavy atom. The smallest absolute Gasteiger partial charge is 0.322 e. The molecule has 5 nitrogen and oxygen atoms in total. The molecular weight excluding hydrogens is 290 g/mol. The monoisotopic (exact) mass is 301 g/mol. The molecule has 2 aromatic carbocycles. The summed E-state index contributed by atoms with van der Waals surface area (Å²) in [6.07, 6.45) is 0. The van der Waals surface area contributed by atoms with Gasteiger partial charge in [-0.15, -0.1) is 0 Å². The number of H-pyrrole nitrogens is 2. The first-order valence-corrected chi connectivity index (χ1v) is 6.70. The highest BCUT2D eigenvalue weighted by atomic mass is 35.5. The number of benzene rings is 2. The molecule has 0 bridgehead atoms. The van der Waals surface area contributed by atoms with E-state index in [0.29, 0.717) is 27.3 Å². The number of aromatic nitrogens is 2. The molecule has 0 saturated carbocycles. The topological polar surface area (TPSA) is 77.8 Å². The van der Waals surface area contributed by atoms with Gasteiger partial charge in [-0.1, -0.05) is 11.6 Å². The lowest BCUT2D eigenvalue weighted by Gasteiger charge is -2.08. The predicted molar refractivity (Wildman–Crippen MR) is 83.1 cm³/mol. The van der Waals surface area contributed by atoms with E-state index in [1.807, 2.05) is 6.92 Å². The van der Waals surface area contributed by atoms with Crippen molar-refractivity contribution >= 4 is 34.2 Å². The second kappa shape index (κ2) is 5.10. The molecule has 0 aliphatic rings. The van der Waals surface area contributed by atoms with Crippen LogP contribution in [0, 0.1) is 6.92 Å². The normalized spacial score (nSPS) is 10.8. The Hall–Kier alpha value is -2.53. The van der Waals surface area contributed by atoms with Crippen LogP contribution in [0.3, 0.4) is 0 Å². The third kappa shape index (κ3) is 2.68. The molecule has 0 aliphatic heterocycles. The van der Waals surface area contributed by atoms with Crippen molar-refractivity contribution in [2.45, 2.75) is 6.92 Å². The molecule has 1 amide bonds. The molecule has 0 atom stereocenters. The Kier molecular flexibility index (Phi) is 3.27. The summed E-state index contributed by atoms with van der Waals surface area (Å²) in [5.74, 6) is -0.246. The summed E-state index contributed by atoms with van der Waals surface area (Å²) in [5.41, 5.74) is 3.02. The molecule has 0 unspecified atom stereocenters. The molecule has 106 valence electrons. The van der Waals surface area contributed by atoms with E-state index in [9.17, 15) is 9.59 Å². The number of rotatable bonds is 2. The third-order valence-corrected chi connectivity index (χ3v) is 3.45. The first kappa shape index (κ1) is 13.5. The molecule has 0 radical (unpaired) electrons. The van der Waals surface area contributed by atoms with Gasteiger partial charge in [0.25, 0.3) is 5.91 Å². The maximum atomic E-state index is 12.3. The van der Waals surface area contributed by atoms with Crippen LogP contribution in [0.2, 0.25) is 5.02 Å². The van der Waals surface area contributed by atoms with Crippen LogP contribution in [-0.2, 0) is 0 Å². The summed E-state index contributed by atoms with van der Waals surface area (Å²) in [6.45, 7) is 1.87. The lowest BCUT2D eigenvalue weighted by Crippen LogP contribution is -2.12. The Labute approximate surface area is 125 Å². The van der Waals surface area contributed by atoms with E-state index in [1.54, 1.807) is 36.4 Å². The van der Waals surface area contributed by atoms with Gasteiger partial charge in [0.1, 0.15) is 0 Å². The number of aryl methyl sites for hydroxylation is 1. The van der Waals surface area contributed by atoms with E-state index >= 15 is 0 Å². The fourth-order valence-electron chi connectivity index (χ4n) is 2.14. The molecule has 21 heavy (non-hydrogen) atoms. The summed E-state index contributed by atoms with van der Waals surface area (Å²) >= 11 is 5.89. The molecule has 0 aliphatic carbocycles. The number of anilines is 1. The molecule has 0 spiro atoms. The maximum Gasteiger partial charge on any atom is 0.323 e. The molecule has 1 aromatic heterocycles. The lowest BCUT2D eigenvalue weighted by molar-refractivity contribution is 0.102. The van der Waals surface area contributed by atoms with Gasteiger partial charge >= 0.3 is 5.69 Å². The number of carbonyl (C=O) groups is 1. The van der Waals surface area contributed by atoms with Crippen molar-refractivity contribution in [2.75, 3.05) is 5.32 Å². The van der Waals surface area contributed by atoms with Crippen LogP contribution in [0.5, 0.6) is 0 Å². The number of aromatic amines is 2. The maximum absolute atomic E-state index is 12.3. The second-order valence-electron chi connectivity index (χ2n) is 4.75. The summed E-state index contributed by atoms with van der Waals surface area (Å²) in [6, 6.07) is 10.2. The van der Waals surface area contributed by atoms with Crippen LogP contribution < -0.4 is 11.0 Å². The lowest BCUT2D eigenvalue weighted by atomic mass is 10.1. The van der Waals surface area contributed by atoms with Gasteiger partial charge in [-0.3, -0.25) is 4.79 Å². The van der Waals surface area contributed by atoms with Gasteiger partial charge in [0.15, 0.2) is 0 Å². The fraction of sp³-hybridized carbons (Fsp3) is 0.0667. The molecule has 3 rings (SSSR count). The van der Waals surface area contributed by atoms with Crippen LogP contribution in [0.25, 0.3) is 11.0 Å². The first-order valence-electron chi connectivity index (χ1n) is 6.32. The van der Waals surface area contributed by atoms with Gasteiger partial charge in [-0.25, -0.2) is 4.79 Å². The standard InChI is InChI=1S/C15H12ClN3O2/c1-8-6-10(16)3-5-11(8)17-14(20)9-2-4-12-13(7-9)19-15(21)18-12/h2-7H,1H3,(H,17,20)(H2,18,19,21). The van der Waals surface area contributed by atoms with Crippen molar-refractivity contribution in [1.82, 2.24) is 9.97 Å². The zero-order chi connectivity index (χ0) is 15.0. The number of fused-ring (bicyclic) bond motifs is 1. The summed E-state index contributed by atoms with van der Waals surface area (Å²) in [7, 11) is 0. The largest absolute Gasteiger partial charge is 0.323 e. The van der Waals surface area contributed by atoms with Crippen LogP contribution in [0.4, 0.5) is 5.69 Å². The summed E-state index contributed by atoms with van der Waals surface area (Å²) in [5, 5.41) is 3.45. The first-order chi connectivity index (χ1) is 10.0. The molecule has 1 heterocycles. The SMILES string of the molecule is Cc1cc(Cl)ccc1NC(=O)c1ccc2[nH]c(=O)[nH]c2c1. The van der Waals surface area contributed by atoms with Crippen molar-refractivity contribution in [3.05, 3.63) is 63.0 Å². The van der Waals surface area contributed by atoms with Crippen LogP contribution in [0.15, 0.2) is 41.2 Å². The number of hydrogen-bond donors (Lipinski definition) is 3. The van der Waals surface area contributed by atoms with Crippen LogP contribution in [0.1, 0.15) is 15.9 Å². The van der Waals surface area contributed by atoms with Crippen molar-refractivity contribution in [1.29, 1.82) is 0 Å². The van der Waals surface area contributed by atoms with Crippen LogP contribution in [-0.4, -0.2) is 15.9 Å². The van der Waals surface area contributed by atoms with E-state index in [2.05, 4.69) is 15.3 Å². The minimum absolute atomic E-state index is 0.246. The zero-order valence-electron chi connectivity index (χ0n) is 11.2. The number of imidazole rings is 1. The Morgan fingerprint density at radius 1 is 1.10 bits per heavy atom. The highest BCUT2D eigenvalue weighted by molar-refractivity contribution is 6.30. The van der Waals surface area contributed by atoms with E-state index < -0.39 is 0 Å². The molecule has 3 aromatic rings. The average molecular weight is 302 g/mol. The fourth-order valence-corrected chi connectivity index (χ4v) is 2.36. The molecule has 0 fully saturated rings. The van der Waals surface area contributed by atoms with Crippen molar-refractivity contribution < 1.29 is 4.79 Å². The van der Waals surface area contributed by atoms with Gasteiger partial charge in [-0.05, 0) is 48.9 Å². The van der Waals surface area contributed by atoms with Gasteiger partial charge < -0.3 is 15.3 Å². The van der Waals surface area contributed by atoms with Crippen LogP contribution >= 0.6 is 11.6 Å². The van der Waals surface area contributed by atoms with Gasteiger partial charge in [0, 0.05) is 16.3 Å². The molecule has 6 heteroatoms. The predicted octanol–water partition coefficient (Wildman–Crippen LogP) is 3.07. The van der Waals surface area contributed by atoms with Gasteiger partial charge in [0.2, 0.25) is 0 Å². The summed E-state index contributed by atoms with van der Waals surface area (Å²) in [4.78, 5) is 28.7. The second-order valence-corrected chi connectivity index (χ2v) is 5.19. The van der Waals surface area contributed by atoms with E-state index in [4.69, 9.17) is 11.6 Å². The minimum atomic E-state index is -0.295. The highest BCUT2D eigenvalue weighted by Gasteiger charge is 2.09. The van der Waals surface area contributed by atoms with E-state index in [1.165, 1.54) is 0 Å². The Bertz CT molecular complexity index is 895. The highest BCUT2D eigenvalue weighted by Crippen LogP contribution is 2.20. The molecular formula is C15H12ClN3O2. The number of amides is 1. The van der Waals surface area contributed by atoms with Crippen molar-refractivity contribution in [2.24, 2.45) is 0 Å². The van der Waals surface area contributed by atoms with Crippen molar-refractivity contribution in [3.8, 4) is 0 Å². The Balaban J connectivity index is 1.91. The number of halogens is 1. The number of nitrogens with one attached hydrogen (secondary N) is 3. The van der Waals surface area contributed by atoms with Gasteiger partial charge in [-0.2, -0.15) is 0 Å². The summed E-state index contributed by atoms with van der Waals surface area (Å²) < 4.78 is 0. The zero-order valence-corrected chi connectivity index (χ0v) is 11.9. The minimum Gasteiger partial charge on any atom is -0.322 e. The van der Waals surface area contributed by atoms with Crippen molar-refractivity contribution in [3.63, 3.8) is 0 Å². The van der Waals surface area contributed by atoms with E-state index in [0.717, 1.165) is 5.56 Å². The Morgan fingerprint density at radius 2 is 1.86 bits per heavy atom. The van der Waals surface area contributed by atoms with Gasteiger partial charge in [0.05, 0.1) is 11.0 Å². The average Bonchev–Trinajstić information content (AvgIpc) is 2.80. The third-order valence-electron chi connectivity index (χ3n) is 3.21. The van der Waals surface area contributed by atoms with E-state index in [-0.39, 0.29) is 11.6 Å². The number of hydrogen-bond acceptors (Lipinski definition) is 2. The molecule has 0 saturated heterocycles.